The summed E-state index contributed by atoms with van der Waals surface area (Å²) in [4.78, 5) is 19.5. The third-order valence-corrected chi connectivity index (χ3v) is 4.83. The van der Waals surface area contributed by atoms with Gasteiger partial charge in [-0.15, -0.1) is 0 Å². The first kappa shape index (κ1) is 17.5. The Kier molecular flexibility index (Phi) is 5.02. The van der Waals surface area contributed by atoms with Gasteiger partial charge in [-0.3, -0.25) is 9.78 Å². The van der Waals surface area contributed by atoms with Gasteiger partial charge in [0.25, 0.3) is 5.56 Å². The van der Waals surface area contributed by atoms with Crippen LogP contribution in [0, 0.1) is 5.82 Å². The van der Waals surface area contributed by atoms with Crippen LogP contribution in [0.2, 0.25) is 0 Å². The van der Waals surface area contributed by atoms with Crippen LogP contribution < -0.4 is 16.2 Å². The van der Waals surface area contributed by atoms with E-state index in [0.717, 1.165) is 29.1 Å². The number of aromatic nitrogens is 2. The lowest BCUT2D eigenvalue weighted by molar-refractivity contribution is 0.477. The number of fused-ring (bicyclic) bond motifs is 1. The highest BCUT2D eigenvalue weighted by Crippen LogP contribution is 2.28. The predicted molar refractivity (Wildman–Crippen MR) is 100 cm³/mol. The zero-order valence-electron chi connectivity index (χ0n) is 14.8. The van der Waals surface area contributed by atoms with Crippen LogP contribution in [-0.2, 0) is 13.0 Å². The molecule has 0 unspecified atom stereocenters. The quantitative estimate of drug-likeness (QED) is 0.623. The second-order valence-electron chi connectivity index (χ2n) is 6.60. The third kappa shape index (κ3) is 3.93. The molecule has 0 bridgehead atoms. The summed E-state index contributed by atoms with van der Waals surface area (Å²) in [7, 11) is 0. The van der Waals surface area contributed by atoms with E-state index in [9.17, 15) is 9.18 Å². The minimum absolute atomic E-state index is 0.0147. The van der Waals surface area contributed by atoms with Gasteiger partial charge >= 0.3 is 0 Å². The number of anilines is 1. The number of hydrogen-bond acceptors (Lipinski definition) is 5. The van der Waals surface area contributed by atoms with Gasteiger partial charge in [0, 0.05) is 24.6 Å². The SMILES string of the molecule is O=c1[nH]c(NCC[C@@H](c2ccc(F)cc2)c2ccco2)nc2c1CCNC2. The fourth-order valence-corrected chi connectivity index (χ4v) is 3.45. The zero-order valence-corrected chi connectivity index (χ0v) is 14.8. The van der Waals surface area contributed by atoms with Crippen LogP contribution in [0.5, 0.6) is 0 Å². The van der Waals surface area contributed by atoms with Crippen LogP contribution in [0.1, 0.15) is 34.9 Å². The summed E-state index contributed by atoms with van der Waals surface area (Å²) in [6.07, 6.45) is 3.04. The van der Waals surface area contributed by atoms with E-state index in [-0.39, 0.29) is 17.3 Å². The van der Waals surface area contributed by atoms with Gasteiger partial charge < -0.3 is 15.1 Å². The van der Waals surface area contributed by atoms with Gasteiger partial charge in [-0.25, -0.2) is 9.37 Å². The average Bonchev–Trinajstić information content (AvgIpc) is 3.21. The highest BCUT2D eigenvalue weighted by Gasteiger charge is 2.18. The summed E-state index contributed by atoms with van der Waals surface area (Å²) in [6, 6.07) is 10.2. The molecule has 27 heavy (non-hydrogen) atoms. The van der Waals surface area contributed by atoms with Gasteiger partial charge in [-0.05, 0) is 49.2 Å². The monoisotopic (exact) mass is 368 g/mol. The summed E-state index contributed by atoms with van der Waals surface area (Å²) >= 11 is 0. The van der Waals surface area contributed by atoms with E-state index in [1.807, 2.05) is 12.1 Å². The molecule has 0 radical (unpaired) electrons. The van der Waals surface area contributed by atoms with Crippen molar-refractivity contribution >= 4 is 5.95 Å². The second-order valence-corrected chi connectivity index (χ2v) is 6.60. The Hall–Kier alpha value is -2.93. The normalized spacial score (nSPS) is 14.6. The van der Waals surface area contributed by atoms with Gasteiger partial charge in [-0.2, -0.15) is 0 Å². The Morgan fingerprint density at radius 3 is 2.89 bits per heavy atom. The number of rotatable bonds is 6. The first-order chi connectivity index (χ1) is 13.2. The largest absolute Gasteiger partial charge is 0.469 e. The molecule has 3 heterocycles. The van der Waals surface area contributed by atoms with Crippen molar-refractivity contribution in [2.75, 3.05) is 18.4 Å². The van der Waals surface area contributed by atoms with Crippen molar-refractivity contribution in [1.29, 1.82) is 0 Å². The van der Waals surface area contributed by atoms with Gasteiger partial charge in [-0.1, -0.05) is 12.1 Å². The molecule has 7 heteroatoms. The van der Waals surface area contributed by atoms with E-state index < -0.39 is 0 Å². The number of aromatic amines is 1. The van der Waals surface area contributed by atoms with E-state index in [1.54, 1.807) is 18.4 Å². The lowest BCUT2D eigenvalue weighted by Crippen LogP contribution is -2.31. The van der Waals surface area contributed by atoms with Gasteiger partial charge in [0.2, 0.25) is 5.95 Å². The van der Waals surface area contributed by atoms with Crippen LogP contribution >= 0.6 is 0 Å². The van der Waals surface area contributed by atoms with Crippen molar-refractivity contribution in [3.05, 3.63) is 81.4 Å². The van der Waals surface area contributed by atoms with Crippen LogP contribution in [-0.4, -0.2) is 23.1 Å². The molecule has 0 spiro atoms. The van der Waals surface area contributed by atoms with Crippen molar-refractivity contribution in [3.8, 4) is 0 Å². The van der Waals surface area contributed by atoms with E-state index in [4.69, 9.17) is 4.42 Å². The molecular formula is C20H21FN4O2. The number of nitrogens with one attached hydrogen (secondary N) is 3. The Morgan fingerprint density at radius 1 is 1.26 bits per heavy atom. The topological polar surface area (TPSA) is 83.0 Å². The average molecular weight is 368 g/mol. The van der Waals surface area contributed by atoms with Gasteiger partial charge in [0.05, 0.1) is 12.0 Å². The minimum Gasteiger partial charge on any atom is -0.469 e. The third-order valence-electron chi connectivity index (χ3n) is 4.83. The highest BCUT2D eigenvalue weighted by atomic mass is 19.1. The standard InChI is InChI=1S/C20H21FN4O2/c21-14-5-3-13(4-6-14)15(18-2-1-11-27-18)8-10-23-20-24-17-12-22-9-7-16(17)19(26)25-20/h1-6,11,15,22H,7-10,12H2,(H2,23,24,25,26)/t15-/m0/s1. The molecule has 0 aliphatic carbocycles. The summed E-state index contributed by atoms with van der Waals surface area (Å²) in [5.74, 6) is 1.01. The fraction of sp³-hybridized carbons (Fsp3) is 0.300. The molecule has 1 atom stereocenters. The number of nitrogens with zero attached hydrogens (tertiary/aromatic N) is 1. The summed E-state index contributed by atoms with van der Waals surface area (Å²) in [6.45, 7) is 1.99. The van der Waals surface area contributed by atoms with E-state index in [1.165, 1.54) is 12.1 Å². The van der Waals surface area contributed by atoms with Gasteiger partial charge in [0.1, 0.15) is 11.6 Å². The molecular weight excluding hydrogens is 347 g/mol. The highest BCUT2D eigenvalue weighted by molar-refractivity contribution is 5.32. The predicted octanol–water partition coefficient (Wildman–Crippen LogP) is 2.78. The molecule has 0 saturated heterocycles. The molecule has 1 aromatic carbocycles. The molecule has 1 aliphatic heterocycles. The molecule has 0 fully saturated rings. The molecule has 1 aliphatic rings. The lowest BCUT2D eigenvalue weighted by atomic mass is 9.93. The fourth-order valence-electron chi connectivity index (χ4n) is 3.45. The lowest BCUT2D eigenvalue weighted by Gasteiger charge is -2.18. The van der Waals surface area contributed by atoms with Gasteiger partial charge in [0.15, 0.2) is 0 Å². The van der Waals surface area contributed by atoms with Crippen LogP contribution in [0.15, 0.2) is 51.9 Å². The molecule has 3 aromatic rings. The van der Waals surface area contributed by atoms with Crippen molar-refractivity contribution in [1.82, 2.24) is 15.3 Å². The Morgan fingerprint density at radius 2 is 2.11 bits per heavy atom. The summed E-state index contributed by atoms with van der Waals surface area (Å²) in [5, 5.41) is 6.43. The van der Waals surface area contributed by atoms with Crippen molar-refractivity contribution in [2.24, 2.45) is 0 Å². The number of H-pyrrole nitrogens is 1. The van der Waals surface area contributed by atoms with E-state index in [0.29, 0.717) is 31.9 Å². The molecule has 6 nitrogen and oxygen atoms in total. The minimum atomic E-state index is -0.264. The second kappa shape index (κ2) is 7.75. The first-order valence-corrected chi connectivity index (χ1v) is 9.06. The van der Waals surface area contributed by atoms with Crippen molar-refractivity contribution < 1.29 is 8.81 Å². The maximum atomic E-state index is 13.3. The Bertz CT molecular complexity index is 951. The Balaban J connectivity index is 1.48. The van der Waals surface area contributed by atoms with Crippen LogP contribution in [0.4, 0.5) is 10.3 Å². The van der Waals surface area contributed by atoms with E-state index in [2.05, 4.69) is 20.6 Å². The van der Waals surface area contributed by atoms with Crippen LogP contribution in [0.3, 0.4) is 0 Å². The number of halogens is 1. The molecule has 0 saturated carbocycles. The maximum Gasteiger partial charge on any atom is 0.255 e. The Labute approximate surface area is 155 Å². The number of furan rings is 1. The number of hydrogen-bond donors (Lipinski definition) is 3. The van der Waals surface area contributed by atoms with Crippen LogP contribution in [0.25, 0.3) is 0 Å². The zero-order chi connectivity index (χ0) is 18.6. The number of benzene rings is 1. The summed E-state index contributed by atoms with van der Waals surface area (Å²) < 4.78 is 18.8. The molecule has 3 N–H and O–H groups in total. The maximum absolute atomic E-state index is 13.3. The molecule has 0 amide bonds. The van der Waals surface area contributed by atoms with E-state index >= 15 is 0 Å². The summed E-state index contributed by atoms with van der Waals surface area (Å²) in [5.41, 5.74) is 2.46. The smallest absolute Gasteiger partial charge is 0.255 e. The van der Waals surface area contributed by atoms with Crippen molar-refractivity contribution in [3.63, 3.8) is 0 Å². The van der Waals surface area contributed by atoms with Crippen molar-refractivity contribution in [2.45, 2.75) is 25.3 Å². The molecule has 2 aromatic heterocycles. The molecule has 140 valence electrons. The molecule has 4 rings (SSSR count). The first-order valence-electron chi connectivity index (χ1n) is 9.06.